The summed E-state index contributed by atoms with van der Waals surface area (Å²) in [5.74, 6) is 0.273. The third-order valence-electron chi connectivity index (χ3n) is 5.15. The van der Waals surface area contributed by atoms with Crippen molar-refractivity contribution in [3.63, 3.8) is 0 Å². The second kappa shape index (κ2) is 10.1. The molecule has 1 aliphatic rings. The summed E-state index contributed by atoms with van der Waals surface area (Å²) in [6.07, 6.45) is 11.2. The third kappa shape index (κ3) is 5.10. The van der Waals surface area contributed by atoms with Crippen molar-refractivity contribution in [3.05, 3.63) is 78.7 Å². The van der Waals surface area contributed by atoms with E-state index in [1.807, 2.05) is 25.2 Å². The lowest BCUT2D eigenvalue weighted by molar-refractivity contribution is -0.132. The number of benzene rings is 1. The molecule has 0 aliphatic carbocycles. The van der Waals surface area contributed by atoms with Gasteiger partial charge in [-0.1, -0.05) is 36.9 Å². The van der Waals surface area contributed by atoms with Crippen LogP contribution in [0.1, 0.15) is 43.6 Å². The summed E-state index contributed by atoms with van der Waals surface area (Å²) >= 11 is 0. The predicted molar refractivity (Wildman–Crippen MR) is 116 cm³/mol. The molecule has 1 aromatic carbocycles. The Balaban J connectivity index is 1.68. The lowest BCUT2D eigenvalue weighted by Crippen LogP contribution is -2.36. The second-order valence-electron chi connectivity index (χ2n) is 7.38. The number of amides is 1. The topological polar surface area (TPSA) is 77.0 Å². The van der Waals surface area contributed by atoms with Crippen molar-refractivity contribution in [2.24, 2.45) is 5.73 Å². The molecule has 2 aromatic rings. The second-order valence-corrected chi connectivity index (χ2v) is 7.38. The van der Waals surface area contributed by atoms with Crippen LogP contribution in [0.3, 0.4) is 0 Å². The molecule has 2 unspecified atom stereocenters. The van der Waals surface area contributed by atoms with Gasteiger partial charge in [0.15, 0.2) is 5.82 Å². The Hall–Kier alpha value is -3.06. The number of carbonyl (C=O) groups excluding carboxylic acids is 1. The van der Waals surface area contributed by atoms with Crippen LogP contribution in [0.15, 0.2) is 61.5 Å². The fourth-order valence-corrected chi connectivity index (χ4v) is 3.75. The first-order chi connectivity index (χ1) is 14.5. The molecule has 1 aromatic heterocycles. The molecule has 2 heterocycles. The predicted octanol–water partition coefficient (Wildman–Crippen LogP) is 3.64. The number of allylic oxidation sites excluding steroid dienone is 5. The van der Waals surface area contributed by atoms with Gasteiger partial charge in [-0.2, -0.15) is 0 Å². The maximum absolute atomic E-state index is 13.9. The summed E-state index contributed by atoms with van der Waals surface area (Å²) in [6.45, 7) is 6.31. The first kappa shape index (κ1) is 21.6. The van der Waals surface area contributed by atoms with Gasteiger partial charge in [-0.25, -0.2) is 14.1 Å². The van der Waals surface area contributed by atoms with E-state index >= 15 is 0 Å². The van der Waals surface area contributed by atoms with Crippen molar-refractivity contribution in [1.29, 1.82) is 0 Å². The first-order valence-corrected chi connectivity index (χ1v) is 10.2. The summed E-state index contributed by atoms with van der Waals surface area (Å²) in [4.78, 5) is 19.2. The maximum atomic E-state index is 13.9. The molecule has 1 aliphatic heterocycles. The molecule has 2 N–H and O–H groups in total. The zero-order valence-electron chi connectivity index (χ0n) is 17.2. The minimum Gasteiger partial charge on any atom is -0.332 e. The number of halogens is 1. The number of likely N-dealkylation sites (tertiary alicyclic amines) is 1. The largest absolute Gasteiger partial charge is 0.332 e. The number of carbonyl (C=O) groups is 1. The molecule has 0 radical (unpaired) electrons. The zero-order valence-corrected chi connectivity index (χ0v) is 17.2. The van der Waals surface area contributed by atoms with E-state index in [-0.39, 0.29) is 24.2 Å². The van der Waals surface area contributed by atoms with E-state index in [2.05, 4.69) is 16.7 Å². The van der Waals surface area contributed by atoms with Crippen molar-refractivity contribution in [1.82, 2.24) is 19.7 Å². The lowest BCUT2D eigenvalue weighted by atomic mass is 10.0. The zero-order chi connectivity index (χ0) is 21.5. The average Bonchev–Trinajstić information content (AvgIpc) is 3.39. The Labute approximate surface area is 176 Å². The number of rotatable bonds is 8. The highest BCUT2D eigenvalue weighted by Crippen LogP contribution is 2.30. The summed E-state index contributed by atoms with van der Waals surface area (Å²) in [5.41, 5.74) is 7.53. The molecule has 1 fully saturated rings. The monoisotopic (exact) mass is 409 g/mol. The molecule has 0 saturated carbocycles. The Bertz CT molecular complexity index is 949. The lowest BCUT2D eigenvalue weighted by Gasteiger charge is -2.24. The van der Waals surface area contributed by atoms with E-state index in [1.165, 1.54) is 6.07 Å². The molecule has 30 heavy (non-hydrogen) atoms. The Morgan fingerprint density at radius 1 is 1.43 bits per heavy atom. The fraction of sp³-hybridized carbons (Fsp3) is 0.348. The quantitative estimate of drug-likeness (QED) is 0.675. The van der Waals surface area contributed by atoms with Crippen molar-refractivity contribution < 1.29 is 9.18 Å². The van der Waals surface area contributed by atoms with Gasteiger partial charge in [0.2, 0.25) is 5.91 Å². The van der Waals surface area contributed by atoms with Gasteiger partial charge in [-0.3, -0.25) is 4.79 Å². The maximum Gasteiger partial charge on any atom is 0.224 e. The van der Waals surface area contributed by atoms with E-state index in [4.69, 9.17) is 5.73 Å². The van der Waals surface area contributed by atoms with Gasteiger partial charge in [0, 0.05) is 19.0 Å². The molecule has 0 bridgehead atoms. The molecule has 158 valence electrons. The highest BCUT2D eigenvalue weighted by Gasteiger charge is 2.33. The van der Waals surface area contributed by atoms with Crippen molar-refractivity contribution >= 4 is 11.6 Å². The van der Waals surface area contributed by atoms with Crippen LogP contribution in [0.25, 0.3) is 5.70 Å². The average molecular weight is 410 g/mol. The highest BCUT2D eigenvalue weighted by molar-refractivity contribution is 5.77. The van der Waals surface area contributed by atoms with E-state index < -0.39 is 6.04 Å². The van der Waals surface area contributed by atoms with Crippen LogP contribution in [-0.4, -0.2) is 38.2 Å². The smallest absolute Gasteiger partial charge is 0.224 e. The van der Waals surface area contributed by atoms with Gasteiger partial charge in [-0.15, -0.1) is 5.10 Å². The van der Waals surface area contributed by atoms with Gasteiger partial charge in [-0.05, 0) is 50.0 Å². The van der Waals surface area contributed by atoms with Gasteiger partial charge >= 0.3 is 0 Å². The van der Waals surface area contributed by atoms with Gasteiger partial charge in [0.05, 0.1) is 11.7 Å². The normalized spacial score (nSPS) is 18.2. The molecule has 1 saturated heterocycles. The SMILES string of the molecule is C=CC=C(C=CC)n1cnc(C2CCCN2C(=O)CC(N)Cc2ccccc2F)n1. The van der Waals surface area contributed by atoms with Crippen molar-refractivity contribution in [3.8, 4) is 0 Å². The van der Waals surface area contributed by atoms with Crippen LogP contribution in [0.2, 0.25) is 0 Å². The Morgan fingerprint density at radius 3 is 2.97 bits per heavy atom. The van der Waals surface area contributed by atoms with E-state index in [0.717, 1.165) is 18.5 Å². The van der Waals surface area contributed by atoms with Crippen LogP contribution in [0, 0.1) is 5.82 Å². The van der Waals surface area contributed by atoms with Gasteiger partial charge in [0.1, 0.15) is 12.1 Å². The third-order valence-corrected chi connectivity index (χ3v) is 5.15. The molecule has 3 rings (SSSR count). The van der Waals surface area contributed by atoms with Crippen LogP contribution in [0.4, 0.5) is 4.39 Å². The Kier molecular flexibility index (Phi) is 7.30. The van der Waals surface area contributed by atoms with Crippen molar-refractivity contribution in [2.75, 3.05) is 6.54 Å². The first-order valence-electron chi connectivity index (χ1n) is 10.2. The number of nitrogens with two attached hydrogens (primary N) is 1. The number of hydrogen-bond donors (Lipinski definition) is 1. The van der Waals surface area contributed by atoms with Crippen molar-refractivity contribution in [2.45, 2.75) is 44.7 Å². The molecule has 2 atom stereocenters. The van der Waals surface area contributed by atoms with Gasteiger partial charge < -0.3 is 10.6 Å². The number of hydrogen-bond acceptors (Lipinski definition) is 4. The molecule has 7 heteroatoms. The molecule has 1 amide bonds. The summed E-state index contributed by atoms with van der Waals surface area (Å²) in [6, 6.07) is 5.91. The highest BCUT2D eigenvalue weighted by atomic mass is 19.1. The number of nitrogens with zero attached hydrogens (tertiary/aromatic N) is 4. The van der Waals surface area contributed by atoms with Gasteiger partial charge in [0.25, 0.3) is 0 Å². The summed E-state index contributed by atoms with van der Waals surface area (Å²) in [7, 11) is 0. The molecule has 0 spiro atoms. The van der Waals surface area contributed by atoms with Crippen LogP contribution in [0.5, 0.6) is 0 Å². The number of aromatic nitrogens is 3. The molecular formula is C23H28FN5O. The minimum absolute atomic E-state index is 0.0481. The summed E-state index contributed by atoms with van der Waals surface area (Å²) < 4.78 is 15.5. The standard InChI is InChI=1S/C23H28FN5O/c1-3-8-19(9-4-2)29-16-26-23(27-29)21-12-7-13-28(21)22(30)15-18(25)14-17-10-5-6-11-20(17)24/h3-6,8-11,16,18,21H,1,7,12-15,25H2,2H3. The summed E-state index contributed by atoms with van der Waals surface area (Å²) in [5, 5.41) is 4.58. The van der Waals surface area contributed by atoms with Crippen LogP contribution >= 0.6 is 0 Å². The van der Waals surface area contributed by atoms with Crippen LogP contribution in [-0.2, 0) is 11.2 Å². The molecular weight excluding hydrogens is 381 g/mol. The minimum atomic E-state index is -0.446. The van der Waals surface area contributed by atoms with E-state index in [0.29, 0.717) is 24.4 Å². The fourth-order valence-electron chi connectivity index (χ4n) is 3.75. The van der Waals surface area contributed by atoms with E-state index in [9.17, 15) is 9.18 Å². The van der Waals surface area contributed by atoms with E-state index in [1.54, 1.807) is 40.2 Å². The van der Waals surface area contributed by atoms with Crippen LogP contribution < -0.4 is 5.73 Å². The Morgan fingerprint density at radius 2 is 2.23 bits per heavy atom. The molecule has 6 nitrogen and oxygen atoms in total.